The number of hydrogen-bond acceptors (Lipinski definition) is 7. The Morgan fingerprint density at radius 1 is 1.46 bits per heavy atom. The van der Waals surface area contributed by atoms with Crippen molar-refractivity contribution >= 4 is 17.4 Å². The predicted molar refractivity (Wildman–Crippen MR) is 98.9 cm³/mol. The SMILES string of the molecule is COc1cccc(CN2CCCC(O)(CNCc3snnc3C)C2=O)c1. The van der Waals surface area contributed by atoms with Gasteiger partial charge in [-0.25, -0.2) is 0 Å². The number of likely N-dealkylation sites (tertiary alicyclic amines) is 1. The lowest BCUT2D eigenvalue weighted by Crippen LogP contribution is -2.57. The molecule has 1 aliphatic heterocycles. The van der Waals surface area contributed by atoms with Gasteiger partial charge in [-0.2, -0.15) is 0 Å². The highest BCUT2D eigenvalue weighted by atomic mass is 32.1. The molecule has 7 nitrogen and oxygen atoms in total. The average Bonchev–Trinajstić information content (AvgIpc) is 3.04. The first-order valence-corrected chi connectivity index (χ1v) is 9.42. The van der Waals surface area contributed by atoms with Gasteiger partial charge >= 0.3 is 0 Å². The minimum absolute atomic E-state index is 0.220. The van der Waals surface area contributed by atoms with E-state index in [0.29, 0.717) is 26.1 Å². The van der Waals surface area contributed by atoms with Crippen LogP contribution in [0, 0.1) is 6.92 Å². The van der Waals surface area contributed by atoms with Gasteiger partial charge in [0.1, 0.15) is 5.75 Å². The van der Waals surface area contributed by atoms with E-state index < -0.39 is 5.60 Å². The number of ether oxygens (including phenoxy) is 1. The van der Waals surface area contributed by atoms with Crippen molar-refractivity contribution in [1.29, 1.82) is 0 Å². The molecule has 3 rings (SSSR count). The van der Waals surface area contributed by atoms with E-state index in [0.717, 1.165) is 28.3 Å². The molecule has 1 aromatic heterocycles. The maximum Gasteiger partial charge on any atom is 0.256 e. The van der Waals surface area contributed by atoms with Gasteiger partial charge in [0.25, 0.3) is 5.91 Å². The van der Waals surface area contributed by atoms with Crippen molar-refractivity contribution in [2.45, 2.75) is 38.5 Å². The Hall–Kier alpha value is -2.03. The highest BCUT2D eigenvalue weighted by Crippen LogP contribution is 2.25. The fourth-order valence-corrected chi connectivity index (χ4v) is 3.77. The first kappa shape index (κ1) is 18.8. The largest absolute Gasteiger partial charge is 0.497 e. The van der Waals surface area contributed by atoms with Crippen LogP contribution in [0.25, 0.3) is 0 Å². The van der Waals surface area contributed by atoms with Crippen LogP contribution < -0.4 is 10.1 Å². The minimum atomic E-state index is -1.37. The second kappa shape index (κ2) is 8.11. The van der Waals surface area contributed by atoms with Gasteiger partial charge in [-0.15, -0.1) is 5.10 Å². The Morgan fingerprint density at radius 2 is 2.31 bits per heavy atom. The van der Waals surface area contributed by atoms with Gasteiger partial charge in [-0.3, -0.25) is 4.79 Å². The number of methoxy groups -OCH3 is 1. The molecule has 0 spiro atoms. The van der Waals surface area contributed by atoms with Crippen LogP contribution in [0.15, 0.2) is 24.3 Å². The summed E-state index contributed by atoms with van der Waals surface area (Å²) in [4.78, 5) is 15.6. The van der Waals surface area contributed by atoms with Crippen molar-refractivity contribution in [2.75, 3.05) is 20.2 Å². The van der Waals surface area contributed by atoms with Crippen molar-refractivity contribution in [2.24, 2.45) is 0 Å². The van der Waals surface area contributed by atoms with E-state index in [1.54, 1.807) is 12.0 Å². The normalized spacial score (nSPS) is 20.4. The molecular formula is C18H24N4O3S. The van der Waals surface area contributed by atoms with E-state index >= 15 is 0 Å². The Morgan fingerprint density at radius 3 is 3.04 bits per heavy atom. The number of rotatable bonds is 7. The number of aromatic nitrogens is 2. The second-order valence-corrected chi connectivity index (χ2v) is 7.44. The summed E-state index contributed by atoms with van der Waals surface area (Å²) in [6.45, 7) is 3.79. The number of aryl methyl sites for hydroxylation is 1. The third-order valence-electron chi connectivity index (χ3n) is 4.66. The minimum Gasteiger partial charge on any atom is -0.497 e. The van der Waals surface area contributed by atoms with E-state index in [1.165, 1.54) is 11.5 Å². The number of hydrogen-bond donors (Lipinski definition) is 2. The van der Waals surface area contributed by atoms with Crippen LogP contribution in [0.5, 0.6) is 5.75 Å². The molecule has 26 heavy (non-hydrogen) atoms. The van der Waals surface area contributed by atoms with Gasteiger partial charge in [-0.1, -0.05) is 16.6 Å². The summed E-state index contributed by atoms with van der Waals surface area (Å²) >= 11 is 1.33. The van der Waals surface area contributed by atoms with Crippen LogP contribution in [0.3, 0.4) is 0 Å². The standard InChI is InChI=1S/C18H24N4O3S/c1-13-16(26-21-20-13)10-19-12-18(24)7-4-8-22(17(18)23)11-14-5-3-6-15(9-14)25-2/h3,5-6,9,19,24H,4,7-8,10-12H2,1-2H3. The molecule has 1 aromatic carbocycles. The van der Waals surface area contributed by atoms with E-state index in [1.807, 2.05) is 31.2 Å². The lowest BCUT2D eigenvalue weighted by atomic mass is 9.91. The van der Waals surface area contributed by atoms with Gasteiger partial charge in [0.2, 0.25) is 0 Å². The zero-order valence-corrected chi connectivity index (χ0v) is 15.9. The molecule has 1 unspecified atom stereocenters. The Kier molecular flexibility index (Phi) is 5.85. The second-order valence-electron chi connectivity index (χ2n) is 6.60. The molecule has 1 aliphatic rings. The lowest BCUT2D eigenvalue weighted by Gasteiger charge is -2.38. The van der Waals surface area contributed by atoms with E-state index in [9.17, 15) is 9.90 Å². The zero-order valence-electron chi connectivity index (χ0n) is 15.1. The number of nitrogens with zero attached hydrogens (tertiary/aromatic N) is 3. The van der Waals surface area contributed by atoms with Crippen LogP contribution in [0.2, 0.25) is 0 Å². The van der Waals surface area contributed by atoms with Gasteiger partial charge in [0.05, 0.1) is 17.7 Å². The van der Waals surface area contributed by atoms with E-state index in [-0.39, 0.29) is 12.5 Å². The van der Waals surface area contributed by atoms with Gasteiger partial charge in [-0.05, 0) is 49.0 Å². The highest BCUT2D eigenvalue weighted by molar-refractivity contribution is 7.05. The molecule has 0 radical (unpaired) electrons. The van der Waals surface area contributed by atoms with Crippen molar-refractivity contribution in [3.63, 3.8) is 0 Å². The number of carbonyl (C=O) groups excluding carboxylic acids is 1. The van der Waals surface area contributed by atoms with Crippen LogP contribution in [-0.2, 0) is 17.9 Å². The molecule has 0 saturated carbocycles. The predicted octanol–water partition coefficient (Wildman–Crippen LogP) is 1.50. The number of carbonyl (C=O) groups is 1. The molecule has 0 bridgehead atoms. The van der Waals surface area contributed by atoms with Crippen LogP contribution in [-0.4, -0.2) is 51.3 Å². The topological polar surface area (TPSA) is 87.6 Å². The lowest BCUT2D eigenvalue weighted by molar-refractivity contribution is -0.157. The number of piperidine rings is 1. The van der Waals surface area contributed by atoms with Crippen molar-refractivity contribution in [3.05, 3.63) is 40.4 Å². The van der Waals surface area contributed by atoms with Crippen LogP contribution in [0.4, 0.5) is 0 Å². The number of amides is 1. The first-order valence-electron chi connectivity index (χ1n) is 8.65. The highest BCUT2D eigenvalue weighted by Gasteiger charge is 2.41. The quantitative estimate of drug-likeness (QED) is 0.761. The monoisotopic (exact) mass is 376 g/mol. The molecule has 8 heteroatoms. The summed E-state index contributed by atoms with van der Waals surface area (Å²) in [7, 11) is 1.62. The molecule has 1 amide bonds. The summed E-state index contributed by atoms with van der Waals surface area (Å²) in [5, 5.41) is 18.0. The molecule has 1 fully saturated rings. The van der Waals surface area contributed by atoms with Crippen LogP contribution >= 0.6 is 11.5 Å². The maximum atomic E-state index is 12.8. The van der Waals surface area contributed by atoms with Crippen molar-refractivity contribution in [1.82, 2.24) is 19.8 Å². The molecular weight excluding hydrogens is 352 g/mol. The molecule has 0 aliphatic carbocycles. The van der Waals surface area contributed by atoms with Gasteiger partial charge < -0.3 is 20.1 Å². The van der Waals surface area contributed by atoms with Crippen molar-refractivity contribution < 1.29 is 14.6 Å². The summed E-state index contributed by atoms with van der Waals surface area (Å²) in [5.74, 6) is 0.538. The molecule has 2 aromatic rings. The summed E-state index contributed by atoms with van der Waals surface area (Å²) in [6.07, 6.45) is 1.24. The molecule has 2 heterocycles. The van der Waals surface area contributed by atoms with Crippen LogP contribution in [0.1, 0.15) is 29.0 Å². The average molecular weight is 376 g/mol. The Balaban J connectivity index is 1.61. The summed E-state index contributed by atoms with van der Waals surface area (Å²) < 4.78 is 9.13. The fraction of sp³-hybridized carbons (Fsp3) is 0.500. The third kappa shape index (κ3) is 4.20. The van der Waals surface area contributed by atoms with Crippen molar-refractivity contribution in [3.8, 4) is 5.75 Å². The van der Waals surface area contributed by atoms with Gasteiger partial charge in [0, 0.05) is 26.2 Å². The molecule has 1 atom stereocenters. The summed E-state index contributed by atoms with van der Waals surface area (Å²) in [5.41, 5.74) is 0.494. The van der Waals surface area contributed by atoms with E-state index in [4.69, 9.17) is 4.74 Å². The van der Waals surface area contributed by atoms with E-state index in [2.05, 4.69) is 14.9 Å². The first-order chi connectivity index (χ1) is 12.5. The Bertz CT molecular complexity index is 766. The summed E-state index contributed by atoms with van der Waals surface area (Å²) in [6, 6.07) is 7.65. The molecule has 140 valence electrons. The fourth-order valence-electron chi connectivity index (χ4n) is 3.17. The van der Waals surface area contributed by atoms with Gasteiger partial charge in [0.15, 0.2) is 5.60 Å². The number of benzene rings is 1. The maximum absolute atomic E-state index is 12.8. The molecule has 1 saturated heterocycles. The zero-order chi connectivity index (χ0) is 18.6. The number of nitrogens with one attached hydrogen (secondary N) is 1. The smallest absolute Gasteiger partial charge is 0.256 e. The molecule has 2 N–H and O–H groups in total. The number of aliphatic hydroxyl groups is 1. The third-order valence-corrected chi connectivity index (χ3v) is 5.48. The Labute approximate surface area is 157 Å².